The van der Waals surface area contributed by atoms with Crippen LogP contribution in [0.1, 0.15) is 25.7 Å². The third-order valence-electron chi connectivity index (χ3n) is 4.10. The van der Waals surface area contributed by atoms with Crippen molar-refractivity contribution in [1.82, 2.24) is 5.32 Å². The van der Waals surface area contributed by atoms with Gasteiger partial charge < -0.3 is 5.32 Å². The highest BCUT2D eigenvalue weighted by Gasteiger charge is 2.38. The summed E-state index contributed by atoms with van der Waals surface area (Å²) in [6.07, 6.45) is 7.86. The van der Waals surface area contributed by atoms with E-state index in [-0.39, 0.29) is 0 Å². The van der Waals surface area contributed by atoms with Gasteiger partial charge >= 0.3 is 0 Å². The number of nitrogens with zero attached hydrogens (tertiary/aromatic N) is 1. The van der Waals surface area contributed by atoms with E-state index in [1.54, 1.807) is 0 Å². The molecule has 2 heterocycles. The first-order valence-electron chi connectivity index (χ1n) is 5.67. The summed E-state index contributed by atoms with van der Waals surface area (Å²) in [6.45, 7) is 2.36. The first-order valence-corrected chi connectivity index (χ1v) is 5.67. The zero-order valence-corrected chi connectivity index (χ0v) is 8.08. The van der Waals surface area contributed by atoms with Gasteiger partial charge in [0.15, 0.2) is 0 Å². The lowest BCUT2D eigenvalue weighted by Gasteiger charge is -2.41. The van der Waals surface area contributed by atoms with Gasteiger partial charge in [-0.05, 0) is 50.0 Å². The van der Waals surface area contributed by atoms with Crippen molar-refractivity contribution >= 4 is 6.21 Å². The molecule has 0 aromatic rings. The standard InChI is InChI=1S/C11H18N2/c1-2-8-4-9-6-12-7-10(9)5-11(8)13-3-1/h6,8-11,13H,1-5,7H2. The summed E-state index contributed by atoms with van der Waals surface area (Å²) in [7, 11) is 0. The Morgan fingerprint density at radius 1 is 1.23 bits per heavy atom. The molecule has 0 aromatic heterocycles. The van der Waals surface area contributed by atoms with Crippen molar-refractivity contribution in [2.75, 3.05) is 13.1 Å². The molecule has 3 rings (SSSR count). The molecule has 2 heteroatoms. The molecule has 0 spiro atoms. The van der Waals surface area contributed by atoms with Crippen molar-refractivity contribution in [3.05, 3.63) is 0 Å². The quantitative estimate of drug-likeness (QED) is 0.597. The minimum Gasteiger partial charge on any atom is -0.314 e. The second-order valence-electron chi connectivity index (χ2n) is 4.87. The van der Waals surface area contributed by atoms with E-state index in [0.717, 1.165) is 30.3 Å². The van der Waals surface area contributed by atoms with Crippen molar-refractivity contribution in [1.29, 1.82) is 0 Å². The smallest absolute Gasteiger partial charge is 0.0420 e. The van der Waals surface area contributed by atoms with Crippen molar-refractivity contribution in [3.8, 4) is 0 Å². The molecule has 1 saturated heterocycles. The third kappa shape index (κ3) is 1.32. The molecule has 0 aromatic carbocycles. The zero-order chi connectivity index (χ0) is 8.67. The number of rotatable bonds is 0. The normalized spacial score (nSPS) is 48.6. The number of nitrogens with one attached hydrogen (secondary N) is 1. The van der Waals surface area contributed by atoms with E-state index in [2.05, 4.69) is 16.5 Å². The van der Waals surface area contributed by atoms with Crippen molar-refractivity contribution in [3.63, 3.8) is 0 Å². The predicted molar refractivity (Wildman–Crippen MR) is 54.1 cm³/mol. The van der Waals surface area contributed by atoms with Gasteiger partial charge in [0.05, 0.1) is 0 Å². The average molecular weight is 178 g/mol. The van der Waals surface area contributed by atoms with Crippen LogP contribution in [0.5, 0.6) is 0 Å². The van der Waals surface area contributed by atoms with Gasteiger partial charge in [-0.15, -0.1) is 0 Å². The number of piperidine rings is 1. The van der Waals surface area contributed by atoms with Gasteiger partial charge in [0.25, 0.3) is 0 Å². The third-order valence-corrected chi connectivity index (χ3v) is 4.10. The molecule has 3 aliphatic rings. The van der Waals surface area contributed by atoms with Crippen molar-refractivity contribution < 1.29 is 0 Å². The van der Waals surface area contributed by atoms with Crippen LogP contribution in [0.25, 0.3) is 0 Å². The van der Waals surface area contributed by atoms with Gasteiger partial charge in [-0.25, -0.2) is 0 Å². The Hall–Kier alpha value is -0.370. The Bertz CT molecular complexity index is 224. The highest BCUT2D eigenvalue weighted by atomic mass is 14.9. The minimum atomic E-state index is 0.830. The van der Waals surface area contributed by atoms with Crippen LogP contribution in [0.4, 0.5) is 0 Å². The lowest BCUT2D eigenvalue weighted by molar-refractivity contribution is 0.152. The van der Waals surface area contributed by atoms with E-state index in [9.17, 15) is 0 Å². The molecule has 2 aliphatic heterocycles. The van der Waals surface area contributed by atoms with E-state index >= 15 is 0 Å². The predicted octanol–water partition coefficient (Wildman–Crippen LogP) is 1.47. The van der Waals surface area contributed by atoms with Gasteiger partial charge in [0, 0.05) is 18.8 Å². The molecule has 0 bridgehead atoms. The molecular weight excluding hydrogens is 160 g/mol. The number of fused-ring (bicyclic) bond motifs is 2. The minimum absolute atomic E-state index is 0.830. The molecule has 1 saturated carbocycles. The van der Waals surface area contributed by atoms with E-state index < -0.39 is 0 Å². The molecule has 0 radical (unpaired) electrons. The first-order chi connectivity index (χ1) is 6.43. The molecule has 2 fully saturated rings. The Morgan fingerprint density at radius 3 is 3.23 bits per heavy atom. The molecule has 1 aliphatic carbocycles. The summed E-state index contributed by atoms with van der Waals surface area (Å²) in [5.41, 5.74) is 0. The summed E-state index contributed by atoms with van der Waals surface area (Å²) >= 11 is 0. The van der Waals surface area contributed by atoms with Crippen molar-refractivity contribution in [2.24, 2.45) is 22.7 Å². The van der Waals surface area contributed by atoms with E-state index in [0.29, 0.717) is 0 Å². The Labute approximate surface area is 79.8 Å². The van der Waals surface area contributed by atoms with Gasteiger partial charge in [0.1, 0.15) is 0 Å². The highest BCUT2D eigenvalue weighted by molar-refractivity contribution is 5.63. The second kappa shape index (κ2) is 3.09. The lowest BCUT2D eigenvalue weighted by Crippen LogP contribution is -2.47. The van der Waals surface area contributed by atoms with Crippen LogP contribution in [0, 0.1) is 17.8 Å². The van der Waals surface area contributed by atoms with Crippen LogP contribution in [-0.4, -0.2) is 25.3 Å². The SMILES string of the molecule is C1=NCC2CC3NCCCC3CC12. The maximum atomic E-state index is 4.43. The van der Waals surface area contributed by atoms with Crippen LogP contribution >= 0.6 is 0 Å². The molecule has 4 atom stereocenters. The summed E-state index contributed by atoms with van der Waals surface area (Å²) in [5, 5.41) is 3.68. The van der Waals surface area contributed by atoms with E-state index in [4.69, 9.17) is 0 Å². The van der Waals surface area contributed by atoms with Crippen LogP contribution in [0.15, 0.2) is 4.99 Å². The summed E-state index contributed by atoms with van der Waals surface area (Å²) in [4.78, 5) is 4.43. The lowest BCUT2D eigenvalue weighted by atomic mass is 9.70. The van der Waals surface area contributed by atoms with Crippen LogP contribution in [-0.2, 0) is 0 Å². The van der Waals surface area contributed by atoms with Gasteiger partial charge in [-0.3, -0.25) is 4.99 Å². The first kappa shape index (κ1) is 7.98. The van der Waals surface area contributed by atoms with Gasteiger partial charge in [-0.2, -0.15) is 0 Å². The number of hydrogen-bond acceptors (Lipinski definition) is 2. The fourth-order valence-corrected chi connectivity index (χ4v) is 3.34. The second-order valence-corrected chi connectivity index (χ2v) is 4.87. The molecule has 0 amide bonds. The highest BCUT2D eigenvalue weighted by Crippen LogP contribution is 2.39. The number of hydrogen-bond donors (Lipinski definition) is 1. The number of aliphatic imine (C=N–C) groups is 1. The molecule has 13 heavy (non-hydrogen) atoms. The van der Waals surface area contributed by atoms with Crippen molar-refractivity contribution in [2.45, 2.75) is 31.7 Å². The topological polar surface area (TPSA) is 24.4 Å². The zero-order valence-electron chi connectivity index (χ0n) is 8.08. The maximum absolute atomic E-state index is 4.43. The molecule has 2 nitrogen and oxygen atoms in total. The monoisotopic (exact) mass is 178 g/mol. The largest absolute Gasteiger partial charge is 0.314 e. The van der Waals surface area contributed by atoms with Crippen LogP contribution in [0.3, 0.4) is 0 Å². The summed E-state index contributed by atoms with van der Waals surface area (Å²) < 4.78 is 0. The maximum Gasteiger partial charge on any atom is 0.0420 e. The molecule has 72 valence electrons. The fourth-order valence-electron chi connectivity index (χ4n) is 3.34. The molecular formula is C11H18N2. The average Bonchev–Trinajstić information content (AvgIpc) is 2.61. The fraction of sp³-hybridized carbons (Fsp3) is 0.909. The van der Waals surface area contributed by atoms with Gasteiger partial charge in [-0.1, -0.05) is 0 Å². The van der Waals surface area contributed by atoms with Crippen LogP contribution in [0.2, 0.25) is 0 Å². The molecule has 4 unspecified atom stereocenters. The van der Waals surface area contributed by atoms with Gasteiger partial charge in [0.2, 0.25) is 0 Å². The van der Waals surface area contributed by atoms with E-state index in [1.165, 1.54) is 32.2 Å². The van der Waals surface area contributed by atoms with Crippen LogP contribution < -0.4 is 5.32 Å². The molecule has 1 N–H and O–H groups in total. The Balaban J connectivity index is 1.73. The summed E-state index contributed by atoms with van der Waals surface area (Å²) in [6, 6.07) is 0.830. The van der Waals surface area contributed by atoms with E-state index in [1.807, 2.05) is 0 Å². The summed E-state index contributed by atoms with van der Waals surface area (Å²) in [5.74, 6) is 2.67. The Morgan fingerprint density at radius 2 is 2.23 bits per heavy atom. The Kier molecular flexibility index (Phi) is 1.90.